The van der Waals surface area contributed by atoms with Gasteiger partial charge in [-0.25, -0.2) is 0 Å². The Labute approximate surface area is 134 Å². The number of hydrogen-bond donors (Lipinski definition) is 3. The van der Waals surface area contributed by atoms with E-state index in [0.29, 0.717) is 0 Å². The third-order valence-corrected chi connectivity index (χ3v) is 2.91. The molecule has 1 heterocycles. The quantitative estimate of drug-likeness (QED) is 0.590. The van der Waals surface area contributed by atoms with E-state index in [2.05, 4.69) is 28.7 Å². The molecule has 1 aromatic heterocycles. The van der Waals surface area contributed by atoms with E-state index in [1.54, 1.807) is 11.9 Å². The minimum absolute atomic E-state index is 1.08. The Morgan fingerprint density at radius 2 is 1.90 bits per heavy atom. The summed E-state index contributed by atoms with van der Waals surface area (Å²) in [7, 11) is 7.24. The molecule has 0 aliphatic rings. The Bertz CT molecular complexity index is 331. The molecule has 0 unspecified atom stereocenters. The number of likely N-dealkylation sites (N-methyl/N-ethyl adjacent to an activating group) is 1. The van der Waals surface area contributed by atoms with Gasteiger partial charge in [0.1, 0.15) is 0 Å². The molecule has 0 aromatic carbocycles. The molecule has 6 heteroatoms. The van der Waals surface area contributed by atoms with Crippen molar-refractivity contribution in [2.45, 2.75) is 27.2 Å². The number of nitrogens with two attached hydrogens (primary N) is 1. The van der Waals surface area contributed by atoms with Gasteiger partial charge in [-0.2, -0.15) is 0 Å². The molecule has 0 radical (unpaired) electrons. The van der Waals surface area contributed by atoms with Crippen LogP contribution in [0.1, 0.15) is 24.3 Å². The maximum atomic E-state index is 6.46. The van der Waals surface area contributed by atoms with Crippen molar-refractivity contribution in [1.29, 1.82) is 5.41 Å². The number of aliphatic imine (C=N–C) groups is 1. The summed E-state index contributed by atoms with van der Waals surface area (Å²) in [6, 6.07) is 2.21. The first-order valence-corrected chi connectivity index (χ1v) is 7.88. The standard InChI is InChI=1S/C8H13NS.C3H8N2.C2H6N2.C2H6/c1-7-8(3-5-9-2)4-6-10-7;1-5(2)3-4;1-4-2-3;1-2/h4,6,9H,3,5H2,1-2H3;3-4H,1-2H3;2H,1H3,(H2,3,4);1-2H3. The van der Waals surface area contributed by atoms with Gasteiger partial charge in [0.25, 0.3) is 0 Å². The van der Waals surface area contributed by atoms with Crippen LogP contribution in [0.2, 0.25) is 0 Å². The topological polar surface area (TPSA) is 77.5 Å². The van der Waals surface area contributed by atoms with E-state index in [1.165, 1.54) is 23.1 Å². The highest BCUT2D eigenvalue weighted by molar-refractivity contribution is 7.10. The zero-order chi connectivity index (χ0) is 17.1. The van der Waals surface area contributed by atoms with Gasteiger partial charge in [0, 0.05) is 26.0 Å². The molecule has 1 aromatic rings. The normalized spacial score (nSPS) is 8.52. The lowest BCUT2D eigenvalue weighted by Gasteiger charge is -1.97. The fourth-order valence-corrected chi connectivity index (χ4v) is 1.69. The van der Waals surface area contributed by atoms with Crippen LogP contribution in [0.5, 0.6) is 0 Å². The van der Waals surface area contributed by atoms with Crippen molar-refractivity contribution in [1.82, 2.24) is 10.2 Å². The lowest BCUT2D eigenvalue weighted by molar-refractivity contribution is 0.639. The molecule has 0 spiro atoms. The van der Waals surface area contributed by atoms with Crippen molar-refractivity contribution < 1.29 is 0 Å². The van der Waals surface area contributed by atoms with Gasteiger partial charge in [-0.3, -0.25) is 10.4 Å². The first-order valence-electron chi connectivity index (χ1n) is 7.00. The summed E-state index contributed by atoms with van der Waals surface area (Å²) < 4.78 is 0. The number of nitrogens with one attached hydrogen (secondary N) is 2. The fourth-order valence-electron chi connectivity index (χ4n) is 0.930. The zero-order valence-corrected chi connectivity index (χ0v) is 15.4. The van der Waals surface area contributed by atoms with Crippen LogP contribution in [0.4, 0.5) is 0 Å². The highest BCUT2D eigenvalue weighted by Gasteiger charge is 1.96. The number of nitrogens with zero attached hydrogens (tertiary/aromatic N) is 2. The van der Waals surface area contributed by atoms with Crippen LogP contribution in [-0.2, 0) is 6.42 Å². The van der Waals surface area contributed by atoms with Gasteiger partial charge in [0.15, 0.2) is 0 Å². The fraction of sp³-hybridized carbons (Fsp3) is 0.600. The van der Waals surface area contributed by atoms with E-state index in [9.17, 15) is 0 Å². The van der Waals surface area contributed by atoms with Crippen LogP contribution in [0, 0.1) is 12.3 Å². The summed E-state index contributed by atoms with van der Waals surface area (Å²) in [6.45, 7) is 7.26. The predicted molar refractivity (Wildman–Crippen MR) is 99.1 cm³/mol. The Hall–Kier alpha value is -1.40. The second-order valence-corrected chi connectivity index (χ2v) is 4.98. The SMILES string of the molecule is CC.CN(C)C=N.CN=CN.CNCCc1ccsc1C. The first-order chi connectivity index (χ1) is 10.0. The molecule has 5 nitrogen and oxygen atoms in total. The molecule has 0 bridgehead atoms. The molecule has 0 aliphatic carbocycles. The number of aryl methyl sites for hydroxylation is 1. The van der Waals surface area contributed by atoms with Crippen LogP contribution in [0.15, 0.2) is 16.4 Å². The highest BCUT2D eigenvalue weighted by Crippen LogP contribution is 2.14. The lowest BCUT2D eigenvalue weighted by atomic mass is 10.2. The van der Waals surface area contributed by atoms with Crippen LogP contribution >= 0.6 is 11.3 Å². The molecule has 0 amide bonds. The second kappa shape index (κ2) is 20.9. The largest absolute Gasteiger partial charge is 0.390 e. The number of rotatable bonds is 4. The number of thiophene rings is 1. The van der Waals surface area contributed by atoms with E-state index in [4.69, 9.17) is 11.1 Å². The minimum Gasteiger partial charge on any atom is -0.390 e. The molecule has 21 heavy (non-hydrogen) atoms. The van der Waals surface area contributed by atoms with E-state index < -0.39 is 0 Å². The molecule has 0 aliphatic heterocycles. The first kappa shape index (κ1) is 24.6. The van der Waals surface area contributed by atoms with Gasteiger partial charge < -0.3 is 16.0 Å². The third-order valence-electron chi connectivity index (χ3n) is 2.02. The maximum absolute atomic E-state index is 6.46. The summed E-state index contributed by atoms with van der Waals surface area (Å²) in [5.41, 5.74) is 6.22. The zero-order valence-electron chi connectivity index (χ0n) is 14.6. The van der Waals surface area contributed by atoms with Crippen LogP contribution in [-0.4, -0.2) is 52.3 Å². The molecule has 1 rings (SSSR count). The minimum atomic E-state index is 1.08. The average molecular weight is 316 g/mol. The van der Waals surface area contributed by atoms with Crippen molar-refractivity contribution in [3.05, 3.63) is 21.9 Å². The summed E-state index contributed by atoms with van der Waals surface area (Å²) in [5.74, 6) is 0. The van der Waals surface area contributed by atoms with Crippen molar-refractivity contribution in [2.75, 3.05) is 34.7 Å². The summed E-state index contributed by atoms with van der Waals surface area (Å²) in [4.78, 5) is 6.51. The Morgan fingerprint density at radius 1 is 1.43 bits per heavy atom. The molecular formula is C15H33N5S. The molecule has 0 saturated heterocycles. The Kier molecular flexibility index (Phi) is 24.5. The second-order valence-electron chi connectivity index (χ2n) is 3.86. The Morgan fingerprint density at radius 3 is 2.14 bits per heavy atom. The molecule has 0 atom stereocenters. The van der Waals surface area contributed by atoms with Crippen molar-refractivity contribution >= 4 is 24.0 Å². The summed E-state index contributed by atoms with van der Waals surface area (Å²) in [5, 5.41) is 11.7. The molecule has 0 fully saturated rings. The van der Waals surface area contributed by atoms with Gasteiger partial charge in [0.2, 0.25) is 0 Å². The lowest BCUT2D eigenvalue weighted by Crippen LogP contribution is -2.10. The maximum Gasteiger partial charge on any atom is 0.0812 e. The van der Waals surface area contributed by atoms with E-state index in [-0.39, 0.29) is 0 Å². The van der Waals surface area contributed by atoms with Crippen LogP contribution in [0.25, 0.3) is 0 Å². The van der Waals surface area contributed by atoms with Crippen LogP contribution in [0.3, 0.4) is 0 Å². The van der Waals surface area contributed by atoms with Gasteiger partial charge in [0.05, 0.1) is 12.7 Å². The van der Waals surface area contributed by atoms with Gasteiger partial charge in [-0.1, -0.05) is 13.8 Å². The molecule has 4 N–H and O–H groups in total. The summed E-state index contributed by atoms with van der Waals surface area (Å²) >= 11 is 1.83. The molecule has 0 saturated carbocycles. The summed E-state index contributed by atoms with van der Waals surface area (Å²) in [6.07, 6.45) is 3.66. The Balaban J connectivity index is -0.000000250. The van der Waals surface area contributed by atoms with E-state index >= 15 is 0 Å². The van der Waals surface area contributed by atoms with E-state index in [1.807, 2.05) is 46.3 Å². The predicted octanol–water partition coefficient (Wildman–Crippen LogP) is 2.60. The smallest absolute Gasteiger partial charge is 0.0812 e. The van der Waals surface area contributed by atoms with Gasteiger partial charge in [-0.15, -0.1) is 11.3 Å². The average Bonchev–Trinajstić information content (AvgIpc) is 2.93. The van der Waals surface area contributed by atoms with Crippen LogP contribution < -0.4 is 11.1 Å². The number of hydrogen-bond acceptors (Lipinski definition) is 4. The van der Waals surface area contributed by atoms with Gasteiger partial charge in [-0.05, 0) is 43.9 Å². The van der Waals surface area contributed by atoms with Crippen molar-refractivity contribution in [3.8, 4) is 0 Å². The monoisotopic (exact) mass is 315 g/mol. The van der Waals surface area contributed by atoms with E-state index in [0.717, 1.165) is 13.0 Å². The van der Waals surface area contributed by atoms with Crippen molar-refractivity contribution in [3.63, 3.8) is 0 Å². The van der Waals surface area contributed by atoms with Gasteiger partial charge >= 0.3 is 0 Å². The molecular weight excluding hydrogens is 282 g/mol. The highest BCUT2D eigenvalue weighted by atomic mass is 32.1. The molecule has 124 valence electrons. The third kappa shape index (κ3) is 21.1. The van der Waals surface area contributed by atoms with Crippen molar-refractivity contribution in [2.24, 2.45) is 10.7 Å².